The molecule has 2 fully saturated rings. The molecule has 15 heteroatoms. The van der Waals surface area contributed by atoms with Crippen molar-refractivity contribution < 1.29 is 70.4 Å². The smallest absolute Gasteiger partial charge is 0.310 e. The van der Waals surface area contributed by atoms with E-state index in [4.69, 9.17) is 9.47 Å². The number of ether oxygens (including phenoxy) is 2. The van der Waals surface area contributed by atoms with Crippen molar-refractivity contribution in [3.05, 3.63) is 35.3 Å². The van der Waals surface area contributed by atoms with Gasteiger partial charge in [-0.25, -0.2) is 0 Å². The summed E-state index contributed by atoms with van der Waals surface area (Å²) in [6.07, 6.45) is -13.7. The number of alkyl halides is 1. The Hall–Kier alpha value is -1.38. The molecule has 43 heavy (non-hydrogen) atoms. The first-order valence-electron chi connectivity index (χ1n) is 14.3. The molecule has 4 aliphatic carbocycles. The lowest BCUT2D eigenvalue weighted by Gasteiger charge is -2.51. The summed E-state index contributed by atoms with van der Waals surface area (Å²) in [5.74, 6) is -5.05. The van der Waals surface area contributed by atoms with E-state index in [-0.39, 0.29) is 42.8 Å². The maximum Gasteiger partial charge on any atom is 0.310 e. The lowest BCUT2D eigenvalue weighted by Crippen LogP contribution is -2.61. The van der Waals surface area contributed by atoms with Gasteiger partial charge >= 0.3 is 5.97 Å². The third kappa shape index (κ3) is 6.10. The fourth-order valence-corrected chi connectivity index (χ4v) is 8.23. The lowest BCUT2D eigenvalue weighted by molar-refractivity contribution is -0.200. The molecule has 2 saturated carbocycles. The van der Waals surface area contributed by atoms with Crippen LogP contribution >= 0.6 is 22.6 Å². The van der Waals surface area contributed by atoms with Crippen LogP contribution in [0, 0.1) is 23.7 Å². The highest BCUT2D eigenvalue weighted by Crippen LogP contribution is 2.47. The molecule has 17 atom stereocenters. The van der Waals surface area contributed by atoms with E-state index in [2.05, 4.69) is 0 Å². The Morgan fingerprint density at radius 3 is 2.16 bits per heavy atom. The first-order chi connectivity index (χ1) is 20.2. The molecular weight excluding hydrogens is 687 g/mol. The zero-order valence-electron chi connectivity index (χ0n) is 22.9. The highest BCUT2D eigenvalue weighted by molar-refractivity contribution is 14.1. The maximum atomic E-state index is 13.5. The third-order valence-electron chi connectivity index (χ3n) is 9.60. The van der Waals surface area contributed by atoms with Crippen molar-refractivity contribution in [1.29, 1.82) is 0 Å². The SMILES string of the molecule is O=C(O[C@@H]1CC2=C(CC(O)C=C2O)O[C@@H]1C1CC(O)C(O)C(O)C1C1C=CC(O)C(O)C1O)C1CC(O)C(O)C(O)C1I. The van der Waals surface area contributed by atoms with Crippen LogP contribution in [0.4, 0.5) is 0 Å². The molecule has 0 amide bonds. The van der Waals surface area contributed by atoms with Gasteiger partial charge in [-0.3, -0.25) is 4.79 Å². The van der Waals surface area contributed by atoms with Gasteiger partial charge in [0, 0.05) is 36.2 Å². The number of aliphatic hydroxyl groups is 11. The van der Waals surface area contributed by atoms with E-state index in [0.717, 1.165) is 0 Å². The van der Waals surface area contributed by atoms with Gasteiger partial charge in [-0.2, -0.15) is 0 Å². The summed E-state index contributed by atoms with van der Waals surface area (Å²) in [5, 5.41) is 115. The van der Waals surface area contributed by atoms with Crippen LogP contribution in [0.3, 0.4) is 0 Å². The van der Waals surface area contributed by atoms with Crippen molar-refractivity contribution >= 4 is 28.6 Å². The van der Waals surface area contributed by atoms with Gasteiger partial charge in [0.25, 0.3) is 0 Å². The summed E-state index contributed by atoms with van der Waals surface area (Å²) < 4.78 is 11.4. The molecule has 14 nitrogen and oxygen atoms in total. The first kappa shape index (κ1) is 33.0. The summed E-state index contributed by atoms with van der Waals surface area (Å²) in [7, 11) is 0. The van der Waals surface area contributed by atoms with Gasteiger partial charge in [0.2, 0.25) is 0 Å². The van der Waals surface area contributed by atoms with Gasteiger partial charge in [0.1, 0.15) is 48.1 Å². The summed E-state index contributed by atoms with van der Waals surface area (Å²) in [4.78, 5) is 13.5. The predicted octanol–water partition coefficient (Wildman–Crippen LogP) is -2.96. The van der Waals surface area contributed by atoms with Crippen LogP contribution < -0.4 is 0 Å². The van der Waals surface area contributed by atoms with Crippen molar-refractivity contribution in [3.8, 4) is 0 Å². The molecule has 5 rings (SSSR count). The second-order valence-electron chi connectivity index (χ2n) is 12.3. The second kappa shape index (κ2) is 12.8. The number of rotatable bonds is 4. The van der Waals surface area contributed by atoms with E-state index in [9.17, 15) is 61.0 Å². The molecule has 0 bridgehead atoms. The minimum absolute atomic E-state index is 0.0345. The van der Waals surface area contributed by atoms with E-state index in [0.29, 0.717) is 0 Å². The Morgan fingerprint density at radius 2 is 1.47 bits per heavy atom. The fraction of sp³-hybridized carbons (Fsp3) is 0.750. The van der Waals surface area contributed by atoms with Crippen LogP contribution in [0.2, 0.25) is 0 Å². The van der Waals surface area contributed by atoms with Crippen LogP contribution in [0.25, 0.3) is 0 Å². The number of carbonyl (C=O) groups is 1. The molecule has 0 aromatic rings. The number of carbonyl (C=O) groups excluding carboxylic acids is 1. The van der Waals surface area contributed by atoms with Gasteiger partial charge in [-0.15, -0.1) is 0 Å². The standard InChI is InChI=1S/C28H39IO14/c29-20-12(6-16(34)24(38)26(20)40)28(41)43-18-7-10-14(32)3-8(30)4-17(10)42-27(18)11-5-15(33)23(37)25(39)19(11)9-1-2-13(31)22(36)21(9)35/h1-3,8-9,11-13,15-16,18-27,30-40H,4-7H2/t8?,9?,11?,12?,13?,15?,16?,18-,19?,20?,21?,22?,23?,24?,25?,26?,27-/m1/s1. The molecule has 0 aromatic carbocycles. The first-order valence-corrected chi connectivity index (χ1v) is 15.6. The average Bonchev–Trinajstić information content (AvgIpc) is 2.96. The minimum atomic E-state index is -1.65. The van der Waals surface area contributed by atoms with Gasteiger partial charge < -0.3 is 65.6 Å². The van der Waals surface area contributed by atoms with Gasteiger partial charge in [-0.1, -0.05) is 34.7 Å². The number of esters is 1. The zero-order chi connectivity index (χ0) is 31.5. The highest BCUT2D eigenvalue weighted by atomic mass is 127. The Bertz CT molecular complexity index is 1140. The number of aliphatic hydroxyl groups excluding tert-OH is 11. The van der Waals surface area contributed by atoms with Crippen molar-refractivity contribution in [3.63, 3.8) is 0 Å². The highest BCUT2D eigenvalue weighted by Gasteiger charge is 2.56. The molecule has 15 unspecified atom stereocenters. The summed E-state index contributed by atoms with van der Waals surface area (Å²) in [6.45, 7) is 0. The number of halogens is 1. The molecule has 0 aromatic heterocycles. The van der Waals surface area contributed by atoms with E-state index >= 15 is 0 Å². The maximum absolute atomic E-state index is 13.5. The predicted molar refractivity (Wildman–Crippen MR) is 152 cm³/mol. The summed E-state index contributed by atoms with van der Waals surface area (Å²) in [6, 6.07) is 0. The topological polar surface area (TPSA) is 258 Å². The van der Waals surface area contributed by atoms with Crippen molar-refractivity contribution in [1.82, 2.24) is 0 Å². The largest absolute Gasteiger partial charge is 0.508 e. The fourth-order valence-electron chi connectivity index (χ4n) is 7.22. The van der Waals surface area contributed by atoms with Crippen LogP contribution in [-0.2, 0) is 14.3 Å². The van der Waals surface area contributed by atoms with E-state index in [1.165, 1.54) is 18.2 Å². The molecule has 0 spiro atoms. The molecule has 1 aliphatic heterocycles. The van der Waals surface area contributed by atoms with Crippen LogP contribution in [0.5, 0.6) is 0 Å². The normalized spacial score (nSPS) is 50.4. The van der Waals surface area contributed by atoms with Crippen LogP contribution in [0.15, 0.2) is 35.3 Å². The monoisotopic (exact) mass is 726 g/mol. The molecule has 5 aliphatic rings. The van der Waals surface area contributed by atoms with Gasteiger partial charge in [-0.05, 0) is 18.9 Å². The quantitative estimate of drug-likeness (QED) is 0.0600. The Labute approximate surface area is 260 Å². The Morgan fingerprint density at radius 1 is 0.814 bits per heavy atom. The Balaban J connectivity index is 1.51. The molecule has 0 saturated heterocycles. The van der Waals surface area contributed by atoms with Crippen LogP contribution in [-0.4, -0.2) is 139 Å². The minimum Gasteiger partial charge on any atom is -0.508 e. The zero-order valence-corrected chi connectivity index (χ0v) is 25.1. The number of hydrogen-bond donors (Lipinski definition) is 11. The van der Waals surface area contributed by atoms with E-state index < -0.39 is 107 Å². The average molecular weight is 727 g/mol. The lowest BCUT2D eigenvalue weighted by atomic mass is 9.62. The molecule has 0 radical (unpaired) electrons. The van der Waals surface area contributed by atoms with Crippen molar-refractivity contribution in [2.24, 2.45) is 23.7 Å². The van der Waals surface area contributed by atoms with Gasteiger partial charge in [0.05, 0.1) is 46.5 Å². The van der Waals surface area contributed by atoms with Crippen molar-refractivity contribution in [2.45, 2.75) is 103 Å². The molecule has 242 valence electrons. The van der Waals surface area contributed by atoms with Crippen molar-refractivity contribution in [2.75, 3.05) is 0 Å². The second-order valence-corrected chi connectivity index (χ2v) is 13.7. The summed E-state index contributed by atoms with van der Waals surface area (Å²) >= 11 is 1.80. The van der Waals surface area contributed by atoms with E-state index in [1.807, 2.05) is 0 Å². The third-order valence-corrected chi connectivity index (χ3v) is 11.2. The molecule has 11 N–H and O–H groups in total. The number of hydrogen-bond acceptors (Lipinski definition) is 14. The van der Waals surface area contributed by atoms with Crippen LogP contribution in [0.1, 0.15) is 25.7 Å². The molecular formula is C28H39IO14. The van der Waals surface area contributed by atoms with Gasteiger partial charge in [0.15, 0.2) is 0 Å². The summed E-state index contributed by atoms with van der Waals surface area (Å²) in [5.41, 5.74) is 0.258. The number of allylic oxidation sites excluding steroid dienone is 1. The molecule has 1 heterocycles. The Kier molecular flexibility index (Phi) is 9.81. The van der Waals surface area contributed by atoms with E-state index in [1.54, 1.807) is 22.6 Å².